The Morgan fingerprint density at radius 3 is 2.68 bits per heavy atom. The Balaban J connectivity index is 1.35. The molecule has 144 valence electrons. The van der Waals surface area contributed by atoms with Crippen LogP contribution in [0.1, 0.15) is 12.8 Å². The topological polar surface area (TPSA) is 80.1 Å². The van der Waals surface area contributed by atoms with Crippen LogP contribution in [0.2, 0.25) is 5.02 Å². The summed E-state index contributed by atoms with van der Waals surface area (Å²) in [5.74, 6) is 0.397. The van der Waals surface area contributed by atoms with Crippen molar-refractivity contribution in [3.8, 4) is 0 Å². The highest BCUT2D eigenvalue weighted by Crippen LogP contribution is 2.20. The number of halogens is 1. The molecular formula is C20H20ClN5O2. The Bertz CT molecular complexity index is 1040. The minimum absolute atomic E-state index is 0.0320. The van der Waals surface area contributed by atoms with Crippen molar-refractivity contribution in [1.82, 2.24) is 19.7 Å². The molecule has 0 atom stereocenters. The number of hydrogen-bond donors (Lipinski definition) is 1. The first-order chi connectivity index (χ1) is 13.6. The van der Waals surface area contributed by atoms with Crippen LogP contribution in [0.15, 0.2) is 53.6 Å². The zero-order valence-electron chi connectivity index (χ0n) is 15.2. The van der Waals surface area contributed by atoms with Crippen LogP contribution >= 0.6 is 11.6 Å². The molecule has 28 heavy (non-hydrogen) atoms. The SMILES string of the molecule is O=C(Nc1ccc(Cl)cn1)C1CCN(Cn2ncc3ccccc3c2=O)CC1. The number of carbonyl (C=O) groups is 1. The Morgan fingerprint density at radius 2 is 1.93 bits per heavy atom. The Labute approximate surface area is 166 Å². The van der Waals surface area contributed by atoms with Crippen molar-refractivity contribution in [3.05, 3.63) is 64.2 Å². The minimum atomic E-state index is -0.0909. The van der Waals surface area contributed by atoms with Gasteiger partial charge in [-0.15, -0.1) is 0 Å². The quantitative estimate of drug-likeness (QED) is 0.732. The van der Waals surface area contributed by atoms with Crippen LogP contribution in [-0.4, -0.2) is 38.7 Å². The van der Waals surface area contributed by atoms with Crippen LogP contribution < -0.4 is 10.9 Å². The summed E-state index contributed by atoms with van der Waals surface area (Å²) in [5.41, 5.74) is -0.0909. The lowest BCUT2D eigenvalue weighted by molar-refractivity contribution is -0.121. The molecule has 7 nitrogen and oxygen atoms in total. The number of rotatable bonds is 4. The third kappa shape index (κ3) is 4.05. The van der Waals surface area contributed by atoms with Crippen molar-refractivity contribution in [2.75, 3.05) is 18.4 Å². The number of anilines is 1. The van der Waals surface area contributed by atoms with E-state index in [-0.39, 0.29) is 17.4 Å². The molecule has 0 bridgehead atoms. The van der Waals surface area contributed by atoms with E-state index in [2.05, 4.69) is 20.3 Å². The number of amides is 1. The zero-order valence-corrected chi connectivity index (χ0v) is 16.0. The zero-order chi connectivity index (χ0) is 19.5. The van der Waals surface area contributed by atoms with Crippen LogP contribution in [0.4, 0.5) is 5.82 Å². The van der Waals surface area contributed by atoms with Crippen LogP contribution in [0.3, 0.4) is 0 Å². The van der Waals surface area contributed by atoms with Gasteiger partial charge in [-0.25, -0.2) is 9.67 Å². The second kappa shape index (κ2) is 8.08. The van der Waals surface area contributed by atoms with Gasteiger partial charge in [0.15, 0.2) is 0 Å². The van der Waals surface area contributed by atoms with Gasteiger partial charge in [0.25, 0.3) is 5.56 Å². The van der Waals surface area contributed by atoms with Gasteiger partial charge in [-0.3, -0.25) is 14.5 Å². The van der Waals surface area contributed by atoms with E-state index >= 15 is 0 Å². The van der Waals surface area contributed by atoms with E-state index in [1.54, 1.807) is 18.3 Å². The highest BCUT2D eigenvalue weighted by Gasteiger charge is 2.25. The van der Waals surface area contributed by atoms with Gasteiger partial charge in [0, 0.05) is 30.6 Å². The number of fused-ring (bicyclic) bond motifs is 1. The molecule has 0 unspecified atom stereocenters. The van der Waals surface area contributed by atoms with Crippen LogP contribution in [-0.2, 0) is 11.5 Å². The third-order valence-electron chi connectivity index (χ3n) is 5.03. The first-order valence-electron chi connectivity index (χ1n) is 9.20. The van der Waals surface area contributed by atoms with Gasteiger partial charge in [0.2, 0.25) is 5.91 Å². The van der Waals surface area contributed by atoms with Crippen molar-refractivity contribution < 1.29 is 4.79 Å². The van der Waals surface area contributed by atoms with Gasteiger partial charge in [-0.05, 0) is 31.0 Å². The van der Waals surface area contributed by atoms with E-state index in [9.17, 15) is 9.59 Å². The number of piperidine rings is 1. The average Bonchev–Trinajstić information content (AvgIpc) is 2.72. The van der Waals surface area contributed by atoms with Crippen LogP contribution in [0.25, 0.3) is 10.8 Å². The number of nitrogens with one attached hydrogen (secondary N) is 1. The maximum atomic E-state index is 12.6. The monoisotopic (exact) mass is 397 g/mol. The number of hydrogen-bond acceptors (Lipinski definition) is 5. The van der Waals surface area contributed by atoms with Gasteiger partial charge < -0.3 is 5.32 Å². The smallest absolute Gasteiger partial charge is 0.275 e. The van der Waals surface area contributed by atoms with E-state index < -0.39 is 0 Å². The summed E-state index contributed by atoms with van der Waals surface area (Å²) in [6.45, 7) is 1.89. The number of nitrogens with zero attached hydrogens (tertiary/aromatic N) is 4. The van der Waals surface area contributed by atoms with E-state index in [1.165, 1.54) is 10.9 Å². The Kier molecular flexibility index (Phi) is 5.36. The summed E-state index contributed by atoms with van der Waals surface area (Å²) in [5, 5.41) is 9.16. The van der Waals surface area contributed by atoms with Gasteiger partial charge in [0.05, 0.1) is 23.3 Å². The van der Waals surface area contributed by atoms with Crippen molar-refractivity contribution in [2.24, 2.45) is 5.92 Å². The highest BCUT2D eigenvalue weighted by molar-refractivity contribution is 6.30. The molecule has 1 fully saturated rings. The summed E-state index contributed by atoms with van der Waals surface area (Å²) < 4.78 is 1.49. The summed E-state index contributed by atoms with van der Waals surface area (Å²) >= 11 is 5.81. The van der Waals surface area contributed by atoms with Gasteiger partial charge in [-0.1, -0.05) is 29.8 Å². The fraction of sp³-hybridized carbons (Fsp3) is 0.300. The molecule has 0 radical (unpaired) electrons. The molecule has 1 aliphatic heterocycles. The predicted octanol–water partition coefficient (Wildman–Crippen LogP) is 2.75. The molecule has 0 aliphatic carbocycles. The molecular weight excluding hydrogens is 378 g/mol. The Hall–Kier alpha value is -2.77. The third-order valence-corrected chi connectivity index (χ3v) is 5.26. The number of aromatic nitrogens is 3. The lowest BCUT2D eigenvalue weighted by Gasteiger charge is -2.31. The van der Waals surface area contributed by atoms with E-state index in [4.69, 9.17) is 11.6 Å². The number of benzene rings is 1. The first-order valence-corrected chi connectivity index (χ1v) is 9.57. The fourth-order valence-corrected chi connectivity index (χ4v) is 3.54. The van der Waals surface area contributed by atoms with E-state index in [0.29, 0.717) is 22.9 Å². The Morgan fingerprint density at radius 1 is 1.14 bits per heavy atom. The second-order valence-corrected chi connectivity index (χ2v) is 7.36. The van der Waals surface area contributed by atoms with Crippen molar-refractivity contribution >= 4 is 34.1 Å². The summed E-state index contributed by atoms with van der Waals surface area (Å²) in [7, 11) is 0. The molecule has 8 heteroatoms. The number of carbonyl (C=O) groups excluding carboxylic acids is 1. The molecule has 2 aromatic heterocycles. The van der Waals surface area contributed by atoms with Crippen LogP contribution in [0.5, 0.6) is 0 Å². The largest absolute Gasteiger partial charge is 0.310 e. The van der Waals surface area contributed by atoms with Gasteiger partial charge >= 0.3 is 0 Å². The maximum absolute atomic E-state index is 12.6. The van der Waals surface area contributed by atoms with Crippen molar-refractivity contribution in [3.63, 3.8) is 0 Å². The molecule has 1 aromatic carbocycles. The minimum Gasteiger partial charge on any atom is -0.310 e. The van der Waals surface area contributed by atoms with Crippen LogP contribution in [0, 0.1) is 5.92 Å². The average molecular weight is 398 g/mol. The van der Waals surface area contributed by atoms with Gasteiger partial charge in [-0.2, -0.15) is 5.10 Å². The second-order valence-electron chi connectivity index (χ2n) is 6.92. The van der Waals surface area contributed by atoms with Crippen molar-refractivity contribution in [2.45, 2.75) is 19.5 Å². The lowest BCUT2D eigenvalue weighted by atomic mass is 9.96. The number of likely N-dealkylation sites (tertiary alicyclic amines) is 1. The molecule has 3 aromatic rings. The first kappa shape index (κ1) is 18.6. The predicted molar refractivity (Wildman–Crippen MR) is 108 cm³/mol. The summed E-state index contributed by atoms with van der Waals surface area (Å²) in [6, 6.07) is 10.8. The highest BCUT2D eigenvalue weighted by atomic mass is 35.5. The molecule has 4 rings (SSSR count). The molecule has 3 heterocycles. The summed E-state index contributed by atoms with van der Waals surface area (Å²) in [6.07, 6.45) is 4.67. The maximum Gasteiger partial charge on any atom is 0.275 e. The van der Waals surface area contributed by atoms with E-state index in [1.807, 2.05) is 24.3 Å². The van der Waals surface area contributed by atoms with E-state index in [0.717, 1.165) is 31.3 Å². The molecule has 0 spiro atoms. The lowest BCUT2D eigenvalue weighted by Crippen LogP contribution is -2.41. The summed E-state index contributed by atoms with van der Waals surface area (Å²) in [4.78, 5) is 31.3. The molecule has 1 aliphatic rings. The van der Waals surface area contributed by atoms with Gasteiger partial charge in [0.1, 0.15) is 5.82 Å². The number of pyridine rings is 1. The standard InChI is InChI=1S/C20H20ClN5O2/c21-16-5-6-18(22-12-16)24-19(27)14-7-9-25(10-8-14)13-26-20(28)17-4-2-1-3-15(17)11-23-26/h1-6,11-12,14H,7-10,13H2,(H,22,24,27). The normalized spacial score (nSPS) is 15.6. The fourth-order valence-electron chi connectivity index (χ4n) is 3.43. The molecule has 1 amide bonds. The molecule has 1 N–H and O–H groups in total. The molecule has 1 saturated heterocycles. The molecule has 0 saturated carbocycles. The van der Waals surface area contributed by atoms with Crippen molar-refractivity contribution in [1.29, 1.82) is 0 Å².